The summed E-state index contributed by atoms with van der Waals surface area (Å²) in [5, 5.41) is 18.0. The molecule has 0 saturated carbocycles. The average molecular weight is 378 g/mol. The zero-order valence-corrected chi connectivity index (χ0v) is 15.6. The van der Waals surface area contributed by atoms with Crippen LogP contribution in [0, 0.1) is 0 Å². The molecule has 0 aliphatic carbocycles. The lowest BCUT2D eigenvalue weighted by molar-refractivity contribution is 0.0690. The first kappa shape index (κ1) is 18.4. The molecule has 1 unspecified atom stereocenters. The number of aromatic carboxylic acids is 1. The number of nitrogens with zero attached hydrogens (tertiary/aromatic N) is 4. The van der Waals surface area contributed by atoms with Gasteiger partial charge in [0.05, 0.1) is 17.2 Å². The summed E-state index contributed by atoms with van der Waals surface area (Å²) < 4.78 is 23.6. The minimum atomic E-state index is -3.09. The standard InChI is InChI=1S/C17H22N4O4S/c1-3-12-5-7-13(8-6-12)21-18-15(17(22)23)16(19-21)20(4-2)14-9-10-26(24,25)11-14/h5-8,14H,3-4,9-11H2,1-2H3,(H,22,23). The molecule has 1 saturated heterocycles. The van der Waals surface area contributed by atoms with Gasteiger partial charge in [-0.15, -0.1) is 15.0 Å². The van der Waals surface area contributed by atoms with Crippen molar-refractivity contribution in [1.29, 1.82) is 0 Å². The van der Waals surface area contributed by atoms with Crippen LogP contribution in [0.2, 0.25) is 0 Å². The minimum Gasteiger partial charge on any atom is -0.476 e. The number of hydrogen-bond acceptors (Lipinski definition) is 6. The van der Waals surface area contributed by atoms with Crippen molar-refractivity contribution in [2.24, 2.45) is 0 Å². The molecule has 1 atom stereocenters. The lowest BCUT2D eigenvalue weighted by atomic mass is 10.2. The van der Waals surface area contributed by atoms with Crippen LogP contribution in [-0.4, -0.2) is 58.6 Å². The van der Waals surface area contributed by atoms with Gasteiger partial charge in [0.15, 0.2) is 15.7 Å². The van der Waals surface area contributed by atoms with Gasteiger partial charge >= 0.3 is 5.97 Å². The molecule has 1 N–H and O–H groups in total. The summed E-state index contributed by atoms with van der Waals surface area (Å²) in [5.74, 6) is -0.848. The SMILES string of the molecule is CCc1ccc(-n2nc(C(=O)O)c(N(CC)C3CCS(=O)(=O)C3)n2)cc1. The van der Waals surface area contributed by atoms with E-state index in [0.29, 0.717) is 18.7 Å². The Bertz CT molecular complexity index is 905. The number of aryl methyl sites for hydroxylation is 1. The highest BCUT2D eigenvalue weighted by molar-refractivity contribution is 7.91. The van der Waals surface area contributed by atoms with Crippen molar-refractivity contribution in [2.45, 2.75) is 32.7 Å². The molecule has 1 aromatic heterocycles. The number of benzene rings is 1. The lowest BCUT2D eigenvalue weighted by Crippen LogP contribution is -2.37. The van der Waals surface area contributed by atoms with Crippen molar-refractivity contribution < 1.29 is 18.3 Å². The Morgan fingerprint density at radius 3 is 2.46 bits per heavy atom. The molecule has 0 amide bonds. The maximum Gasteiger partial charge on any atom is 0.360 e. The molecule has 140 valence electrons. The van der Waals surface area contributed by atoms with Crippen LogP contribution in [0.15, 0.2) is 24.3 Å². The van der Waals surface area contributed by atoms with Crippen LogP contribution >= 0.6 is 0 Å². The Morgan fingerprint density at radius 1 is 1.27 bits per heavy atom. The van der Waals surface area contributed by atoms with Gasteiger partial charge in [0, 0.05) is 12.6 Å². The van der Waals surface area contributed by atoms with E-state index >= 15 is 0 Å². The number of carboxylic acids is 1. The fourth-order valence-corrected chi connectivity index (χ4v) is 4.94. The molecule has 0 radical (unpaired) electrons. The topological polar surface area (TPSA) is 105 Å². The van der Waals surface area contributed by atoms with E-state index in [2.05, 4.69) is 17.1 Å². The molecular formula is C17H22N4O4S. The Balaban J connectivity index is 1.99. The van der Waals surface area contributed by atoms with Crippen molar-refractivity contribution in [2.75, 3.05) is 23.0 Å². The first-order chi connectivity index (χ1) is 12.3. The molecular weight excluding hydrogens is 356 g/mol. The number of sulfone groups is 1. The van der Waals surface area contributed by atoms with E-state index in [-0.39, 0.29) is 29.1 Å². The molecule has 9 heteroatoms. The monoisotopic (exact) mass is 378 g/mol. The van der Waals surface area contributed by atoms with Gasteiger partial charge < -0.3 is 10.0 Å². The van der Waals surface area contributed by atoms with Crippen LogP contribution in [0.25, 0.3) is 5.69 Å². The van der Waals surface area contributed by atoms with Crippen molar-refractivity contribution in [3.8, 4) is 5.69 Å². The molecule has 1 fully saturated rings. The fraction of sp³-hybridized carbons (Fsp3) is 0.471. The first-order valence-electron chi connectivity index (χ1n) is 8.61. The summed E-state index contributed by atoms with van der Waals surface area (Å²) in [6.45, 7) is 4.36. The highest BCUT2D eigenvalue weighted by Gasteiger charge is 2.35. The molecule has 1 aromatic carbocycles. The van der Waals surface area contributed by atoms with E-state index in [1.807, 2.05) is 31.2 Å². The van der Waals surface area contributed by atoms with Gasteiger partial charge in [0.2, 0.25) is 5.69 Å². The Kier molecular flexibility index (Phi) is 4.99. The van der Waals surface area contributed by atoms with Crippen LogP contribution in [0.4, 0.5) is 5.82 Å². The first-order valence-corrected chi connectivity index (χ1v) is 10.4. The Hall–Kier alpha value is -2.42. The van der Waals surface area contributed by atoms with Gasteiger partial charge in [0.1, 0.15) is 0 Å². The molecule has 3 rings (SSSR count). The van der Waals surface area contributed by atoms with Gasteiger partial charge in [-0.1, -0.05) is 19.1 Å². The maximum absolute atomic E-state index is 11.8. The highest BCUT2D eigenvalue weighted by atomic mass is 32.2. The highest BCUT2D eigenvalue weighted by Crippen LogP contribution is 2.26. The van der Waals surface area contributed by atoms with Crippen LogP contribution in [-0.2, 0) is 16.3 Å². The summed E-state index contributed by atoms with van der Waals surface area (Å²) in [7, 11) is -3.09. The number of carboxylic acid groups (broad SMARTS) is 1. The van der Waals surface area contributed by atoms with Gasteiger partial charge in [0.25, 0.3) is 0 Å². The molecule has 1 aliphatic rings. The molecule has 1 aliphatic heterocycles. The molecule has 8 nitrogen and oxygen atoms in total. The zero-order chi connectivity index (χ0) is 18.9. The number of hydrogen-bond donors (Lipinski definition) is 1. The van der Waals surface area contributed by atoms with E-state index in [0.717, 1.165) is 12.0 Å². The van der Waals surface area contributed by atoms with Gasteiger partial charge in [-0.3, -0.25) is 0 Å². The van der Waals surface area contributed by atoms with Crippen molar-refractivity contribution in [3.63, 3.8) is 0 Å². The second-order valence-electron chi connectivity index (χ2n) is 6.33. The summed E-state index contributed by atoms with van der Waals surface area (Å²) in [6, 6.07) is 7.28. The van der Waals surface area contributed by atoms with Crippen molar-refractivity contribution in [1.82, 2.24) is 15.0 Å². The number of aromatic nitrogens is 3. The van der Waals surface area contributed by atoms with E-state index in [1.54, 1.807) is 4.90 Å². The molecule has 0 spiro atoms. The summed E-state index contributed by atoms with van der Waals surface area (Å²) in [6.07, 6.45) is 1.37. The summed E-state index contributed by atoms with van der Waals surface area (Å²) in [5.41, 5.74) is 1.65. The van der Waals surface area contributed by atoms with E-state index in [4.69, 9.17) is 0 Å². The van der Waals surface area contributed by atoms with Crippen LogP contribution in [0.1, 0.15) is 36.3 Å². The van der Waals surface area contributed by atoms with Gasteiger partial charge in [-0.25, -0.2) is 13.2 Å². The zero-order valence-electron chi connectivity index (χ0n) is 14.8. The van der Waals surface area contributed by atoms with E-state index in [9.17, 15) is 18.3 Å². The van der Waals surface area contributed by atoms with Crippen LogP contribution in [0.3, 0.4) is 0 Å². The molecule has 2 aromatic rings. The van der Waals surface area contributed by atoms with Crippen LogP contribution in [0.5, 0.6) is 0 Å². The molecule has 2 heterocycles. The predicted octanol–water partition coefficient (Wildman–Crippen LogP) is 1.54. The third kappa shape index (κ3) is 3.57. The summed E-state index contributed by atoms with van der Waals surface area (Å²) in [4.78, 5) is 14.7. The van der Waals surface area contributed by atoms with Crippen molar-refractivity contribution in [3.05, 3.63) is 35.5 Å². The number of carbonyl (C=O) groups is 1. The second kappa shape index (κ2) is 7.06. The number of rotatable bonds is 6. The fourth-order valence-electron chi connectivity index (χ4n) is 3.21. The second-order valence-corrected chi connectivity index (χ2v) is 8.56. The Labute approximate surface area is 152 Å². The summed E-state index contributed by atoms with van der Waals surface area (Å²) >= 11 is 0. The third-order valence-corrected chi connectivity index (χ3v) is 6.39. The Morgan fingerprint density at radius 2 is 1.96 bits per heavy atom. The van der Waals surface area contributed by atoms with E-state index < -0.39 is 15.8 Å². The largest absolute Gasteiger partial charge is 0.476 e. The smallest absolute Gasteiger partial charge is 0.360 e. The number of anilines is 1. The van der Waals surface area contributed by atoms with Crippen LogP contribution < -0.4 is 4.90 Å². The average Bonchev–Trinajstić information content (AvgIpc) is 3.20. The van der Waals surface area contributed by atoms with Gasteiger partial charge in [-0.2, -0.15) is 0 Å². The quantitative estimate of drug-likeness (QED) is 0.813. The van der Waals surface area contributed by atoms with Gasteiger partial charge in [-0.05, 0) is 37.5 Å². The third-order valence-electron chi connectivity index (χ3n) is 4.64. The normalized spacial score (nSPS) is 18.8. The van der Waals surface area contributed by atoms with E-state index in [1.165, 1.54) is 4.80 Å². The predicted molar refractivity (Wildman–Crippen MR) is 97.8 cm³/mol. The lowest BCUT2D eigenvalue weighted by Gasteiger charge is -2.26. The maximum atomic E-state index is 11.8. The molecule has 0 bridgehead atoms. The minimum absolute atomic E-state index is 0.0119. The van der Waals surface area contributed by atoms with Crippen molar-refractivity contribution >= 4 is 21.6 Å². The molecule has 26 heavy (non-hydrogen) atoms.